The molecule has 2 rings (SSSR count). The van der Waals surface area contributed by atoms with E-state index in [2.05, 4.69) is 76.7 Å². The molecule has 0 aliphatic heterocycles. The van der Waals surface area contributed by atoms with E-state index in [1.54, 1.807) is 10.4 Å². The van der Waals surface area contributed by atoms with Crippen LogP contribution in [0.4, 0.5) is 0 Å². The van der Waals surface area contributed by atoms with E-state index in [9.17, 15) is 0 Å². The number of allylic oxidation sites excluding steroid dienone is 6. The Kier molecular flexibility index (Phi) is 15.1. The summed E-state index contributed by atoms with van der Waals surface area (Å²) in [5.41, 5.74) is 2.82. The second kappa shape index (κ2) is 13.6. The summed E-state index contributed by atoms with van der Waals surface area (Å²) in [6.45, 7) is 20.2. The van der Waals surface area contributed by atoms with Crippen LogP contribution >= 0.6 is 0 Å². The van der Waals surface area contributed by atoms with E-state index in [-0.39, 0.29) is 51.0 Å². The molecule has 2 nitrogen and oxygen atoms in total. The molecular formula is C22H38Cl2O2Si3Zr. The second-order valence-corrected chi connectivity index (χ2v) is 23.4. The smallest absolute Gasteiger partial charge is 1.00 e. The molecule has 0 aromatic carbocycles. The van der Waals surface area contributed by atoms with Gasteiger partial charge in [-0.15, -0.1) is 12.8 Å². The molecule has 0 amide bonds. The molecule has 0 radical (unpaired) electrons. The third kappa shape index (κ3) is 10.3. The number of rotatable bonds is 10. The van der Waals surface area contributed by atoms with Crippen molar-refractivity contribution < 1.29 is 59.9 Å². The molecule has 0 aromatic rings. The second-order valence-electron chi connectivity index (χ2n) is 10.0. The van der Waals surface area contributed by atoms with E-state index in [4.69, 9.17) is 8.85 Å². The van der Waals surface area contributed by atoms with Crippen molar-refractivity contribution >= 4 is 24.7 Å². The molecule has 0 aromatic heterocycles. The molecular weight excluding hydrogens is 543 g/mol. The maximum Gasteiger partial charge on any atom is 4.00 e. The predicted octanol–water partition coefficient (Wildman–Crippen LogP) is 0.381. The Balaban J connectivity index is 0. The van der Waals surface area contributed by atoms with Crippen LogP contribution in [0.25, 0.3) is 0 Å². The predicted molar refractivity (Wildman–Crippen MR) is 124 cm³/mol. The molecule has 0 heterocycles. The van der Waals surface area contributed by atoms with Gasteiger partial charge in [-0.3, -0.25) is 12.2 Å². The fourth-order valence-electron chi connectivity index (χ4n) is 3.76. The quantitative estimate of drug-likeness (QED) is 0.275. The van der Waals surface area contributed by atoms with E-state index >= 15 is 0 Å². The molecule has 0 bridgehead atoms. The van der Waals surface area contributed by atoms with Gasteiger partial charge in [-0.05, 0) is 52.1 Å². The summed E-state index contributed by atoms with van der Waals surface area (Å²) in [7, 11) is -4.62. The largest absolute Gasteiger partial charge is 4.00 e. The van der Waals surface area contributed by atoms with E-state index in [1.807, 2.05) is 0 Å². The van der Waals surface area contributed by atoms with Crippen molar-refractivity contribution in [2.45, 2.75) is 78.1 Å². The maximum absolute atomic E-state index is 6.11. The molecule has 0 unspecified atom stereocenters. The first-order chi connectivity index (χ1) is 12.4. The Morgan fingerprint density at radius 3 is 1.33 bits per heavy atom. The SMILES string of the molecule is C[Si](C)(C)OCCC1=[C-]CC=C1[Si](C)(C)C1=CC[C-]=C1CCO[Si](C)(C)C.[Cl-].[Cl-].[Zr+4]. The first-order valence-electron chi connectivity index (χ1n) is 10.3. The van der Waals surface area contributed by atoms with Gasteiger partial charge in [-0.1, -0.05) is 21.2 Å². The van der Waals surface area contributed by atoms with Crippen molar-refractivity contribution in [1.29, 1.82) is 0 Å². The van der Waals surface area contributed by atoms with Crippen molar-refractivity contribution in [3.8, 4) is 0 Å². The van der Waals surface area contributed by atoms with Gasteiger partial charge < -0.3 is 33.7 Å². The molecule has 8 heteroatoms. The first kappa shape index (κ1) is 33.2. The van der Waals surface area contributed by atoms with Crippen LogP contribution in [-0.4, -0.2) is 37.9 Å². The van der Waals surface area contributed by atoms with Gasteiger partial charge in [0.2, 0.25) is 0 Å². The summed E-state index contributed by atoms with van der Waals surface area (Å²) >= 11 is 0. The molecule has 2 aliphatic carbocycles. The van der Waals surface area contributed by atoms with Crippen molar-refractivity contribution in [2.75, 3.05) is 13.2 Å². The van der Waals surface area contributed by atoms with Gasteiger partial charge in [0.15, 0.2) is 16.6 Å². The van der Waals surface area contributed by atoms with Crippen molar-refractivity contribution in [2.24, 2.45) is 0 Å². The summed E-state index contributed by atoms with van der Waals surface area (Å²) in [5, 5.41) is 3.14. The average Bonchev–Trinajstić information content (AvgIpc) is 3.14. The maximum atomic E-state index is 6.11. The van der Waals surface area contributed by atoms with Gasteiger partial charge in [0, 0.05) is 13.2 Å². The van der Waals surface area contributed by atoms with Gasteiger partial charge in [-0.25, -0.2) is 21.5 Å². The minimum absolute atomic E-state index is 0. The zero-order valence-corrected chi connectivity index (χ0v) is 26.9. The summed E-state index contributed by atoms with van der Waals surface area (Å²) in [6, 6.07) is 0. The number of hydrogen-bond acceptors (Lipinski definition) is 2. The molecule has 0 N–H and O–H groups in total. The van der Waals surface area contributed by atoms with Gasteiger partial charge in [-0.2, -0.15) is 12.2 Å². The summed E-state index contributed by atoms with van der Waals surface area (Å²) in [5.74, 6) is 0. The summed E-state index contributed by atoms with van der Waals surface area (Å²) in [6.07, 6.45) is 16.0. The van der Waals surface area contributed by atoms with E-state index in [1.165, 1.54) is 11.1 Å². The van der Waals surface area contributed by atoms with Gasteiger partial charge >= 0.3 is 26.2 Å². The third-order valence-corrected chi connectivity index (χ3v) is 10.9. The third-order valence-electron chi connectivity index (χ3n) is 5.01. The topological polar surface area (TPSA) is 18.5 Å². The van der Waals surface area contributed by atoms with Crippen LogP contribution in [0.15, 0.2) is 33.7 Å². The fraction of sp³-hybridized carbons (Fsp3) is 0.636. The van der Waals surface area contributed by atoms with Crippen molar-refractivity contribution in [1.82, 2.24) is 0 Å². The molecule has 168 valence electrons. The van der Waals surface area contributed by atoms with Crippen LogP contribution in [0, 0.1) is 12.2 Å². The van der Waals surface area contributed by atoms with Crippen molar-refractivity contribution in [3.63, 3.8) is 0 Å². The van der Waals surface area contributed by atoms with E-state index in [0.717, 1.165) is 38.9 Å². The molecule has 0 fully saturated rings. The van der Waals surface area contributed by atoms with E-state index < -0.39 is 24.7 Å². The van der Waals surface area contributed by atoms with Gasteiger partial charge in [0.25, 0.3) is 0 Å². The molecule has 0 atom stereocenters. The molecule has 0 saturated carbocycles. The van der Waals surface area contributed by atoms with Crippen LogP contribution in [-0.2, 0) is 35.1 Å². The Labute approximate surface area is 220 Å². The van der Waals surface area contributed by atoms with Crippen LogP contribution in [0.2, 0.25) is 52.4 Å². The standard InChI is InChI=1S/C22H38O2Si3.2ClH.Zr/c1-25(2,3)23-17-15-19-11-9-13-21(19)27(7,8)22-14-10-12-20(22)16-18-24-26(4,5)6;;;/h13-14H,9-10,15-18H2,1-8H3;2*1H;/q-2;;;+4/p-2. The molecule has 0 spiro atoms. The Morgan fingerprint density at radius 2 is 1.03 bits per heavy atom. The van der Waals surface area contributed by atoms with Crippen LogP contribution in [0.1, 0.15) is 25.7 Å². The van der Waals surface area contributed by atoms with Crippen molar-refractivity contribution in [3.05, 3.63) is 45.8 Å². The average molecular weight is 581 g/mol. The Bertz CT molecular complexity index is 617. The number of hydrogen-bond donors (Lipinski definition) is 0. The zero-order chi connectivity index (χ0) is 20.3. The fourth-order valence-corrected chi connectivity index (χ4v) is 8.64. The molecule has 2 aliphatic rings. The Hall–Kier alpha value is 0.994. The first-order valence-corrected chi connectivity index (χ1v) is 20.1. The zero-order valence-electron chi connectivity index (χ0n) is 20.0. The van der Waals surface area contributed by atoms with Crippen LogP contribution < -0.4 is 24.8 Å². The van der Waals surface area contributed by atoms with Crippen LogP contribution in [0.3, 0.4) is 0 Å². The van der Waals surface area contributed by atoms with E-state index in [0.29, 0.717) is 0 Å². The minimum atomic E-state index is -1.72. The van der Waals surface area contributed by atoms with Gasteiger partial charge in [0.1, 0.15) is 0 Å². The normalized spacial score (nSPS) is 16.5. The summed E-state index contributed by atoms with van der Waals surface area (Å²) in [4.78, 5) is 0. The summed E-state index contributed by atoms with van der Waals surface area (Å²) < 4.78 is 12.2. The van der Waals surface area contributed by atoms with Crippen LogP contribution in [0.5, 0.6) is 0 Å². The Morgan fingerprint density at radius 1 is 0.700 bits per heavy atom. The molecule has 0 saturated heterocycles. The van der Waals surface area contributed by atoms with Gasteiger partial charge in [0.05, 0.1) is 0 Å². The monoisotopic (exact) mass is 578 g/mol. The number of halogens is 2. The molecule has 30 heavy (non-hydrogen) atoms. The minimum Gasteiger partial charge on any atom is -1.00 e.